The standard InChI is InChI=1S/C18H11FN2O4/c1-23-14-8-4-5-10-9-12(18(22)24-15(10)14)17-20-16(21-25-17)11-6-2-3-7-13(11)19/h2-9H,1H3. The van der Waals surface area contributed by atoms with E-state index in [1.807, 2.05) is 0 Å². The van der Waals surface area contributed by atoms with Crippen molar-refractivity contribution in [3.05, 3.63) is 64.8 Å². The Morgan fingerprint density at radius 2 is 1.92 bits per heavy atom. The SMILES string of the molecule is COc1cccc2cc(-c3nc(-c4ccccc4F)no3)c(=O)oc12. The Labute approximate surface area is 140 Å². The third-order valence-electron chi connectivity index (χ3n) is 3.71. The molecule has 2 aromatic carbocycles. The Hall–Kier alpha value is -3.48. The molecule has 0 bridgehead atoms. The highest BCUT2D eigenvalue weighted by atomic mass is 19.1. The molecular weight excluding hydrogens is 327 g/mol. The van der Waals surface area contributed by atoms with Crippen LogP contribution in [0.5, 0.6) is 5.75 Å². The summed E-state index contributed by atoms with van der Waals surface area (Å²) in [6, 6.07) is 12.8. The minimum atomic E-state index is -0.652. The van der Waals surface area contributed by atoms with Crippen molar-refractivity contribution in [1.29, 1.82) is 0 Å². The fraction of sp³-hybridized carbons (Fsp3) is 0.0556. The first-order chi connectivity index (χ1) is 12.2. The Bertz CT molecular complexity index is 1130. The highest BCUT2D eigenvalue weighted by Gasteiger charge is 2.18. The molecule has 4 aromatic rings. The number of nitrogens with zero attached hydrogens (tertiary/aromatic N) is 2. The van der Waals surface area contributed by atoms with Crippen LogP contribution in [0.1, 0.15) is 0 Å². The lowest BCUT2D eigenvalue weighted by Gasteiger charge is -2.03. The number of rotatable bonds is 3. The maximum atomic E-state index is 13.8. The van der Waals surface area contributed by atoms with Crippen LogP contribution >= 0.6 is 0 Å². The van der Waals surface area contributed by atoms with E-state index in [9.17, 15) is 9.18 Å². The van der Waals surface area contributed by atoms with Gasteiger partial charge < -0.3 is 13.7 Å². The fourth-order valence-electron chi connectivity index (χ4n) is 2.51. The largest absolute Gasteiger partial charge is 0.493 e. The molecular formula is C18H11FN2O4. The minimum absolute atomic E-state index is 0.0447. The van der Waals surface area contributed by atoms with E-state index in [1.54, 1.807) is 36.4 Å². The Balaban J connectivity index is 1.85. The molecule has 2 heterocycles. The monoisotopic (exact) mass is 338 g/mol. The number of aromatic nitrogens is 2. The van der Waals surface area contributed by atoms with Crippen LogP contribution in [0.3, 0.4) is 0 Å². The van der Waals surface area contributed by atoms with Crippen LogP contribution < -0.4 is 10.4 Å². The first kappa shape index (κ1) is 15.1. The van der Waals surface area contributed by atoms with Gasteiger partial charge in [-0.25, -0.2) is 9.18 Å². The zero-order valence-corrected chi connectivity index (χ0v) is 13.0. The summed E-state index contributed by atoms with van der Waals surface area (Å²) in [5, 5.41) is 4.39. The molecule has 0 saturated heterocycles. The molecule has 0 fully saturated rings. The number of ether oxygens (including phenoxy) is 1. The summed E-state index contributed by atoms with van der Waals surface area (Å²) < 4.78 is 29.5. The van der Waals surface area contributed by atoms with Crippen LogP contribution in [0.25, 0.3) is 33.8 Å². The summed E-state index contributed by atoms with van der Waals surface area (Å²) in [5.74, 6) is -0.0289. The summed E-state index contributed by atoms with van der Waals surface area (Å²) in [6.45, 7) is 0. The Morgan fingerprint density at radius 3 is 2.72 bits per heavy atom. The number of methoxy groups -OCH3 is 1. The number of fused-ring (bicyclic) bond motifs is 1. The molecule has 0 saturated carbocycles. The molecule has 25 heavy (non-hydrogen) atoms. The summed E-state index contributed by atoms with van der Waals surface area (Å²) in [4.78, 5) is 16.4. The molecule has 0 radical (unpaired) electrons. The van der Waals surface area contributed by atoms with E-state index < -0.39 is 11.4 Å². The molecule has 2 aromatic heterocycles. The number of benzene rings is 2. The predicted octanol–water partition coefficient (Wildman–Crippen LogP) is 3.66. The van der Waals surface area contributed by atoms with Crippen molar-refractivity contribution in [2.75, 3.05) is 7.11 Å². The molecule has 6 nitrogen and oxygen atoms in total. The van der Waals surface area contributed by atoms with Crippen molar-refractivity contribution < 1.29 is 18.1 Å². The van der Waals surface area contributed by atoms with Gasteiger partial charge in [0.05, 0.1) is 12.7 Å². The topological polar surface area (TPSA) is 78.4 Å². The van der Waals surface area contributed by atoms with Gasteiger partial charge in [-0.05, 0) is 24.3 Å². The van der Waals surface area contributed by atoms with Gasteiger partial charge in [0, 0.05) is 5.39 Å². The van der Waals surface area contributed by atoms with E-state index in [0.29, 0.717) is 16.7 Å². The third-order valence-corrected chi connectivity index (χ3v) is 3.71. The second-order valence-electron chi connectivity index (χ2n) is 5.23. The summed E-state index contributed by atoms with van der Waals surface area (Å²) in [7, 11) is 1.49. The average molecular weight is 338 g/mol. The maximum absolute atomic E-state index is 13.8. The first-order valence-electron chi connectivity index (χ1n) is 7.37. The smallest absolute Gasteiger partial charge is 0.349 e. The van der Waals surface area contributed by atoms with E-state index in [2.05, 4.69) is 10.1 Å². The lowest BCUT2D eigenvalue weighted by atomic mass is 10.1. The lowest BCUT2D eigenvalue weighted by molar-refractivity contribution is 0.405. The van der Waals surface area contributed by atoms with E-state index in [0.717, 1.165) is 0 Å². The van der Waals surface area contributed by atoms with Crippen molar-refractivity contribution in [2.45, 2.75) is 0 Å². The van der Waals surface area contributed by atoms with Gasteiger partial charge in [0.2, 0.25) is 5.82 Å². The van der Waals surface area contributed by atoms with Gasteiger partial charge in [-0.15, -0.1) is 0 Å². The summed E-state index contributed by atoms with van der Waals surface area (Å²) in [5.41, 5.74) is -0.0477. The number of hydrogen-bond donors (Lipinski definition) is 0. The van der Waals surface area contributed by atoms with Crippen molar-refractivity contribution in [3.63, 3.8) is 0 Å². The van der Waals surface area contributed by atoms with Gasteiger partial charge in [-0.2, -0.15) is 4.98 Å². The van der Waals surface area contributed by atoms with Crippen molar-refractivity contribution in [1.82, 2.24) is 10.1 Å². The van der Waals surface area contributed by atoms with Crippen LogP contribution in [-0.4, -0.2) is 17.3 Å². The van der Waals surface area contributed by atoms with Crippen molar-refractivity contribution in [3.8, 4) is 28.6 Å². The number of hydrogen-bond acceptors (Lipinski definition) is 6. The Kier molecular flexibility index (Phi) is 3.53. The van der Waals surface area contributed by atoms with Crippen LogP contribution in [-0.2, 0) is 0 Å². The van der Waals surface area contributed by atoms with Crippen LogP contribution in [0.4, 0.5) is 4.39 Å². The van der Waals surface area contributed by atoms with E-state index >= 15 is 0 Å². The third kappa shape index (κ3) is 2.55. The highest BCUT2D eigenvalue weighted by Crippen LogP contribution is 2.28. The minimum Gasteiger partial charge on any atom is -0.493 e. The van der Waals surface area contributed by atoms with Gasteiger partial charge in [-0.1, -0.05) is 29.4 Å². The maximum Gasteiger partial charge on any atom is 0.349 e. The van der Waals surface area contributed by atoms with Gasteiger partial charge >= 0.3 is 5.63 Å². The van der Waals surface area contributed by atoms with Crippen LogP contribution in [0.2, 0.25) is 0 Å². The molecule has 0 aliphatic rings. The molecule has 0 atom stereocenters. The van der Waals surface area contributed by atoms with Crippen molar-refractivity contribution in [2.24, 2.45) is 0 Å². The van der Waals surface area contributed by atoms with Crippen LogP contribution in [0.15, 0.2) is 62.3 Å². The van der Waals surface area contributed by atoms with E-state index in [4.69, 9.17) is 13.7 Å². The second kappa shape index (κ2) is 5.86. The number of para-hydroxylation sites is 1. The quantitative estimate of drug-likeness (QED) is 0.531. The molecule has 0 spiro atoms. The molecule has 0 N–H and O–H groups in total. The summed E-state index contributed by atoms with van der Waals surface area (Å²) in [6.07, 6.45) is 0. The molecule has 124 valence electrons. The molecule has 0 amide bonds. The zero-order chi connectivity index (χ0) is 17.4. The molecule has 0 unspecified atom stereocenters. The average Bonchev–Trinajstić information content (AvgIpc) is 3.10. The first-order valence-corrected chi connectivity index (χ1v) is 7.37. The van der Waals surface area contributed by atoms with Gasteiger partial charge in [-0.3, -0.25) is 0 Å². The predicted molar refractivity (Wildman–Crippen MR) is 87.7 cm³/mol. The summed E-state index contributed by atoms with van der Waals surface area (Å²) >= 11 is 0. The Morgan fingerprint density at radius 1 is 1.08 bits per heavy atom. The molecule has 0 aliphatic carbocycles. The second-order valence-corrected chi connectivity index (χ2v) is 5.23. The van der Waals surface area contributed by atoms with Gasteiger partial charge in [0.15, 0.2) is 11.3 Å². The van der Waals surface area contributed by atoms with Gasteiger partial charge in [0.25, 0.3) is 5.89 Å². The number of halogens is 1. The lowest BCUT2D eigenvalue weighted by Crippen LogP contribution is -2.03. The van der Waals surface area contributed by atoms with Crippen LogP contribution in [0, 0.1) is 5.82 Å². The van der Waals surface area contributed by atoms with E-state index in [-0.39, 0.29) is 22.8 Å². The normalized spacial score (nSPS) is 11.0. The van der Waals surface area contributed by atoms with Gasteiger partial charge in [0.1, 0.15) is 11.4 Å². The molecule has 4 rings (SSSR count). The molecule has 7 heteroatoms. The molecule has 0 aliphatic heterocycles. The van der Waals surface area contributed by atoms with Crippen molar-refractivity contribution >= 4 is 11.0 Å². The van der Waals surface area contributed by atoms with E-state index in [1.165, 1.54) is 19.2 Å². The highest BCUT2D eigenvalue weighted by molar-refractivity contribution is 5.85. The fourth-order valence-corrected chi connectivity index (χ4v) is 2.51. The zero-order valence-electron chi connectivity index (χ0n) is 13.0.